The van der Waals surface area contributed by atoms with Crippen LogP contribution in [0.25, 0.3) is 16.9 Å². The van der Waals surface area contributed by atoms with Gasteiger partial charge < -0.3 is 10.3 Å². The summed E-state index contributed by atoms with van der Waals surface area (Å²) in [4.78, 5) is 24.0. The summed E-state index contributed by atoms with van der Waals surface area (Å²) in [7, 11) is 1.75. The van der Waals surface area contributed by atoms with Crippen LogP contribution in [-0.4, -0.2) is 20.3 Å². The minimum absolute atomic E-state index is 0.155. The fourth-order valence-corrected chi connectivity index (χ4v) is 2.26. The van der Waals surface area contributed by atoms with Crippen molar-refractivity contribution in [3.63, 3.8) is 0 Å². The molecule has 0 bridgehead atoms. The number of rotatable bonds is 3. The van der Waals surface area contributed by atoms with E-state index in [2.05, 4.69) is 5.10 Å². The molecule has 6 nitrogen and oxygen atoms in total. The van der Waals surface area contributed by atoms with Crippen LogP contribution >= 0.6 is 0 Å². The largest absolute Gasteiger partial charge is 0.365 e. The molecule has 0 aliphatic heterocycles. The van der Waals surface area contributed by atoms with Crippen molar-refractivity contribution >= 4 is 5.91 Å². The number of nitrogens with two attached hydrogens (primary N) is 1. The SMILES string of the molecule is Cn1ccc(-n2cc(C(N)=O)c(=O)c(-c3ccc(F)cc3)c2)n1. The summed E-state index contributed by atoms with van der Waals surface area (Å²) in [5.74, 6) is -0.716. The van der Waals surface area contributed by atoms with E-state index in [1.165, 1.54) is 30.5 Å². The summed E-state index contributed by atoms with van der Waals surface area (Å²) in [6.07, 6.45) is 4.62. The van der Waals surface area contributed by atoms with Gasteiger partial charge in [-0.3, -0.25) is 14.3 Å². The van der Waals surface area contributed by atoms with E-state index in [1.807, 2.05) is 0 Å². The number of halogens is 1. The minimum atomic E-state index is -0.830. The molecule has 1 amide bonds. The van der Waals surface area contributed by atoms with Crippen LogP contribution in [0.4, 0.5) is 4.39 Å². The molecule has 0 aliphatic rings. The fraction of sp³-hybridized carbons (Fsp3) is 0.0625. The van der Waals surface area contributed by atoms with Crippen molar-refractivity contribution in [2.24, 2.45) is 12.8 Å². The topological polar surface area (TPSA) is 82.9 Å². The van der Waals surface area contributed by atoms with Crippen molar-refractivity contribution < 1.29 is 9.18 Å². The smallest absolute Gasteiger partial charge is 0.254 e. The Morgan fingerprint density at radius 3 is 2.43 bits per heavy atom. The third-order valence-corrected chi connectivity index (χ3v) is 3.41. The predicted octanol–water partition coefficient (Wildman–Crippen LogP) is 1.48. The van der Waals surface area contributed by atoms with Crippen LogP contribution in [0.1, 0.15) is 10.4 Å². The third kappa shape index (κ3) is 2.76. The number of primary amides is 1. The van der Waals surface area contributed by atoms with Gasteiger partial charge in [0.15, 0.2) is 5.82 Å². The van der Waals surface area contributed by atoms with Crippen LogP contribution < -0.4 is 11.2 Å². The van der Waals surface area contributed by atoms with Crippen LogP contribution in [0.5, 0.6) is 0 Å². The van der Waals surface area contributed by atoms with Gasteiger partial charge in [0.2, 0.25) is 5.43 Å². The third-order valence-electron chi connectivity index (χ3n) is 3.41. The van der Waals surface area contributed by atoms with Gasteiger partial charge in [0, 0.05) is 37.3 Å². The van der Waals surface area contributed by atoms with Gasteiger partial charge in [0.05, 0.1) is 0 Å². The van der Waals surface area contributed by atoms with Gasteiger partial charge in [0.25, 0.3) is 5.91 Å². The number of carbonyl (C=O) groups is 1. The molecule has 1 aromatic carbocycles. The van der Waals surface area contributed by atoms with Crippen LogP contribution in [0.15, 0.2) is 53.7 Å². The standard InChI is InChI=1S/C16H13FN4O2/c1-20-7-6-14(19-20)21-8-12(10-2-4-11(17)5-3-10)15(22)13(9-21)16(18)23/h2-9H,1H3,(H2,18,23). The molecule has 0 unspecified atom stereocenters. The molecule has 3 aromatic rings. The van der Waals surface area contributed by atoms with E-state index >= 15 is 0 Å². The molecule has 0 saturated heterocycles. The van der Waals surface area contributed by atoms with Crippen molar-refractivity contribution in [3.05, 3.63) is 70.5 Å². The lowest BCUT2D eigenvalue weighted by atomic mass is 10.0. The molecule has 0 aliphatic carbocycles. The van der Waals surface area contributed by atoms with Crippen LogP contribution in [-0.2, 0) is 7.05 Å². The van der Waals surface area contributed by atoms with Crippen LogP contribution in [0.3, 0.4) is 0 Å². The fourth-order valence-electron chi connectivity index (χ4n) is 2.26. The van der Waals surface area contributed by atoms with Gasteiger partial charge in [-0.2, -0.15) is 5.10 Å². The number of nitrogens with zero attached hydrogens (tertiary/aromatic N) is 3. The van der Waals surface area contributed by atoms with Crippen molar-refractivity contribution in [2.75, 3.05) is 0 Å². The zero-order valence-corrected chi connectivity index (χ0v) is 12.2. The lowest BCUT2D eigenvalue weighted by Gasteiger charge is -2.09. The molecule has 23 heavy (non-hydrogen) atoms. The molecule has 0 saturated carbocycles. The maximum absolute atomic E-state index is 13.1. The summed E-state index contributed by atoms with van der Waals surface area (Å²) in [6.45, 7) is 0. The quantitative estimate of drug-likeness (QED) is 0.795. The zero-order chi connectivity index (χ0) is 16.6. The summed E-state index contributed by atoms with van der Waals surface area (Å²) >= 11 is 0. The second-order valence-corrected chi connectivity index (χ2v) is 5.04. The Morgan fingerprint density at radius 2 is 1.87 bits per heavy atom. The highest BCUT2D eigenvalue weighted by Crippen LogP contribution is 2.18. The maximum atomic E-state index is 13.1. The van der Waals surface area contributed by atoms with Gasteiger partial charge in [-0.25, -0.2) is 4.39 Å². The van der Waals surface area contributed by atoms with E-state index in [9.17, 15) is 14.0 Å². The van der Waals surface area contributed by atoms with E-state index in [1.54, 1.807) is 34.8 Å². The molecule has 0 atom stereocenters. The lowest BCUT2D eigenvalue weighted by Crippen LogP contribution is -2.24. The minimum Gasteiger partial charge on any atom is -0.365 e. The van der Waals surface area contributed by atoms with Crippen molar-refractivity contribution in [2.45, 2.75) is 0 Å². The number of hydrogen-bond acceptors (Lipinski definition) is 3. The summed E-state index contributed by atoms with van der Waals surface area (Å²) in [5.41, 5.74) is 5.37. The maximum Gasteiger partial charge on any atom is 0.254 e. The lowest BCUT2D eigenvalue weighted by molar-refractivity contribution is 0.0999. The molecule has 2 heterocycles. The Morgan fingerprint density at radius 1 is 1.17 bits per heavy atom. The Balaban J connectivity index is 2.26. The Bertz CT molecular complexity index is 941. The van der Waals surface area contributed by atoms with E-state index in [0.717, 1.165) is 0 Å². The number of pyridine rings is 1. The molecule has 7 heteroatoms. The van der Waals surface area contributed by atoms with E-state index in [0.29, 0.717) is 11.4 Å². The molecule has 2 N–H and O–H groups in total. The Hall–Kier alpha value is -3.22. The Labute approximate surface area is 130 Å². The number of aromatic nitrogens is 3. The number of hydrogen-bond donors (Lipinski definition) is 1. The van der Waals surface area contributed by atoms with Crippen molar-refractivity contribution in [1.82, 2.24) is 14.3 Å². The molecule has 0 radical (unpaired) electrons. The van der Waals surface area contributed by atoms with Gasteiger partial charge in [0.1, 0.15) is 11.4 Å². The number of benzene rings is 1. The monoisotopic (exact) mass is 312 g/mol. The average Bonchev–Trinajstić information content (AvgIpc) is 2.95. The molecule has 2 aromatic heterocycles. The first kappa shape index (κ1) is 14.7. The number of aryl methyl sites for hydroxylation is 1. The highest BCUT2D eigenvalue weighted by atomic mass is 19.1. The first-order valence-electron chi connectivity index (χ1n) is 6.78. The van der Waals surface area contributed by atoms with Gasteiger partial charge >= 0.3 is 0 Å². The first-order valence-corrected chi connectivity index (χ1v) is 6.78. The van der Waals surface area contributed by atoms with E-state index in [-0.39, 0.29) is 11.1 Å². The second kappa shape index (κ2) is 5.53. The van der Waals surface area contributed by atoms with Crippen LogP contribution in [0, 0.1) is 5.82 Å². The van der Waals surface area contributed by atoms with Crippen molar-refractivity contribution in [1.29, 1.82) is 0 Å². The van der Waals surface area contributed by atoms with Gasteiger partial charge in [-0.1, -0.05) is 12.1 Å². The van der Waals surface area contributed by atoms with E-state index < -0.39 is 17.2 Å². The average molecular weight is 312 g/mol. The second-order valence-electron chi connectivity index (χ2n) is 5.04. The van der Waals surface area contributed by atoms with Gasteiger partial charge in [-0.05, 0) is 17.7 Å². The molecule has 116 valence electrons. The molecular formula is C16H13FN4O2. The first-order chi connectivity index (χ1) is 11.0. The summed E-state index contributed by atoms with van der Waals surface area (Å²) < 4.78 is 16.2. The molecule has 0 fully saturated rings. The normalized spacial score (nSPS) is 10.7. The zero-order valence-electron chi connectivity index (χ0n) is 12.2. The van der Waals surface area contributed by atoms with Gasteiger partial charge in [-0.15, -0.1) is 0 Å². The summed E-state index contributed by atoms with van der Waals surface area (Å²) in [5, 5.41) is 4.23. The highest BCUT2D eigenvalue weighted by molar-refractivity contribution is 5.93. The number of amides is 1. The molecule has 0 spiro atoms. The number of carbonyl (C=O) groups excluding carboxylic acids is 1. The highest BCUT2D eigenvalue weighted by Gasteiger charge is 2.15. The van der Waals surface area contributed by atoms with Crippen molar-refractivity contribution in [3.8, 4) is 16.9 Å². The molecule has 3 rings (SSSR count). The molecular weight excluding hydrogens is 299 g/mol. The van der Waals surface area contributed by atoms with E-state index in [4.69, 9.17) is 5.73 Å². The predicted molar refractivity (Wildman–Crippen MR) is 82.7 cm³/mol. The van der Waals surface area contributed by atoms with Crippen LogP contribution in [0.2, 0.25) is 0 Å². The summed E-state index contributed by atoms with van der Waals surface area (Å²) in [6, 6.07) is 7.16. The Kier molecular flexibility index (Phi) is 3.53.